The Labute approximate surface area is 101 Å². The third-order valence-electron chi connectivity index (χ3n) is 3.47. The molecule has 0 unspecified atom stereocenters. The minimum atomic E-state index is -0.354. The first-order valence-electron chi connectivity index (χ1n) is 6.14. The van der Waals surface area contributed by atoms with Gasteiger partial charge in [-0.15, -0.1) is 0 Å². The van der Waals surface area contributed by atoms with E-state index in [0.717, 1.165) is 18.7 Å². The van der Waals surface area contributed by atoms with E-state index in [-0.39, 0.29) is 10.6 Å². The number of likely N-dealkylation sites (tertiary alicyclic amines) is 1. The maximum atomic E-state index is 10.5. The van der Waals surface area contributed by atoms with Gasteiger partial charge in [-0.2, -0.15) is 0 Å². The van der Waals surface area contributed by atoms with Crippen molar-refractivity contribution in [1.29, 1.82) is 0 Å². The van der Waals surface area contributed by atoms with Crippen LogP contribution in [0.15, 0.2) is 24.3 Å². The zero-order valence-electron chi connectivity index (χ0n) is 10.1. The van der Waals surface area contributed by atoms with Crippen LogP contribution >= 0.6 is 0 Å². The maximum absolute atomic E-state index is 10.5. The number of non-ortho nitro benzene ring substituents is 1. The average molecular weight is 234 g/mol. The minimum absolute atomic E-state index is 0.167. The summed E-state index contributed by atoms with van der Waals surface area (Å²) in [6.45, 7) is 4.29. The minimum Gasteiger partial charge on any atom is -0.296 e. The molecule has 1 heterocycles. The molecule has 0 aromatic heterocycles. The number of nitrogens with zero attached hydrogens (tertiary/aromatic N) is 2. The molecule has 1 atom stereocenters. The molecule has 0 amide bonds. The fourth-order valence-electron chi connectivity index (χ4n) is 2.35. The van der Waals surface area contributed by atoms with E-state index in [2.05, 4.69) is 11.8 Å². The van der Waals surface area contributed by atoms with Crippen molar-refractivity contribution in [2.24, 2.45) is 0 Å². The highest BCUT2D eigenvalue weighted by atomic mass is 16.6. The van der Waals surface area contributed by atoms with Gasteiger partial charge in [-0.05, 0) is 31.9 Å². The molecule has 92 valence electrons. The predicted octanol–water partition coefficient (Wildman–Crippen LogP) is 2.97. The van der Waals surface area contributed by atoms with Crippen molar-refractivity contribution >= 4 is 5.69 Å². The normalized spacial score (nSPS) is 21.4. The van der Waals surface area contributed by atoms with Gasteiger partial charge in [-0.25, -0.2) is 0 Å². The van der Waals surface area contributed by atoms with Crippen LogP contribution in [0, 0.1) is 10.1 Å². The topological polar surface area (TPSA) is 46.4 Å². The molecule has 1 aromatic carbocycles. The van der Waals surface area contributed by atoms with E-state index in [9.17, 15) is 10.1 Å². The molecule has 0 spiro atoms. The van der Waals surface area contributed by atoms with Gasteiger partial charge in [-0.1, -0.05) is 18.6 Å². The first kappa shape index (κ1) is 12.0. The molecule has 0 radical (unpaired) electrons. The molecule has 1 aromatic rings. The highest BCUT2D eigenvalue weighted by Gasteiger charge is 2.18. The van der Waals surface area contributed by atoms with Gasteiger partial charge in [0.25, 0.3) is 5.69 Å². The fourth-order valence-corrected chi connectivity index (χ4v) is 2.35. The molecule has 1 saturated heterocycles. The van der Waals surface area contributed by atoms with Crippen molar-refractivity contribution in [3.8, 4) is 0 Å². The Kier molecular flexibility index (Phi) is 3.74. The fraction of sp³-hybridized carbons (Fsp3) is 0.538. The van der Waals surface area contributed by atoms with Gasteiger partial charge < -0.3 is 0 Å². The Morgan fingerprint density at radius 3 is 2.65 bits per heavy atom. The lowest BCUT2D eigenvalue weighted by molar-refractivity contribution is -0.384. The van der Waals surface area contributed by atoms with E-state index in [1.807, 2.05) is 12.1 Å². The van der Waals surface area contributed by atoms with Crippen molar-refractivity contribution in [3.05, 3.63) is 39.9 Å². The molecule has 1 aliphatic heterocycles. The second-order valence-corrected chi connectivity index (χ2v) is 4.74. The van der Waals surface area contributed by atoms with E-state index < -0.39 is 0 Å². The van der Waals surface area contributed by atoms with Crippen molar-refractivity contribution in [1.82, 2.24) is 4.90 Å². The molecule has 0 bridgehead atoms. The molecule has 4 nitrogen and oxygen atoms in total. The van der Waals surface area contributed by atoms with Crippen molar-refractivity contribution in [2.75, 3.05) is 6.54 Å². The summed E-state index contributed by atoms with van der Waals surface area (Å²) in [4.78, 5) is 12.6. The Morgan fingerprint density at radius 1 is 1.35 bits per heavy atom. The van der Waals surface area contributed by atoms with Gasteiger partial charge in [0.2, 0.25) is 0 Å². The van der Waals surface area contributed by atoms with E-state index in [0.29, 0.717) is 6.04 Å². The largest absolute Gasteiger partial charge is 0.296 e. The van der Waals surface area contributed by atoms with Crippen LogP contribution in [0.1, 0.15) is 31.7 Å². The SMILES string of the molecule is C[C@@H]1CCCCN1Cc1ccc([N+](=O)[O-])cc1. The quantitative estimate of drug-likeness (QED) is 0.596. The van der Waals surface area contributed by atoms with Crippen LogP contribution in [0.5, 0.6) is 0 Å². The highest BCUT2D eigenvalue weighted by molar-refractivity contribution is 5.32. The number of piperidine rings is 1. The number of rotatable bonds is 3. The third-order valence-corrected chi connectivity index (χ3v) is 3.47. The Morgan fingerprint density at radius 2 is 2.06 bits per heavy atom. The monoisotopic (exact) mass is 234 g/mol. The number of hydrogen-bond donors (Lipinski definition) is 0. The Balaban J connectivity index is 2.00. The van der Waals surface area contributed by atoms with Gasteiger partial charge in [0.05, 0.1) is 4.92 Å². The molecule has 0 aliphatic carbocycles. The number of nitro groups is 1. The Hall–Kier alpha value is -1.42. The second-order valence-electron chi connectivity index (χ2n) is 4.74. The number of nitro benzene ring substituents is 1. The van der Waals surface area contributed by atoms with Crippen molar-refractivity contribution in [2.45, 2.75) is 38.8 Å². The molecular formula is C13H18N2O2. The molecular weight excluding hydrogens is 216 g/mol. The lowest BCUT2D eigenvalue weighted by atomic mass is 10.0. The van der Waals surface area contributed by atoms with Crippen LogP contribution in [-0.4, -0.2) is 22.4 Å². The van der Waals surface area contributed by atoms with Crippen LogP contribution in [0.25, 0.3) is 0 Å². The summed E-state index contributed by atoms with van der Waals surface area (Å²) in [6.07, 6.45) is 3.84. The maximum Gasteiger partial charge on any atom is 0.269 e. The number of hydrogen-bond acceptors (Lipinski definition) is 3. The predicted molar refractivity (Wildman–Crippen MR) is 66.8 cm³/mol. The highest BCUT2D eigenvalue weighted by Crippen LogP contribution is 2.20. The van der Waals surface area contributed by atoms with Gasteiger partial charge in [-0.3, -0.25) is 15.0 Å². The zero-order chi connectivity index (χ0) is 12.3. The van der Waals surface area contributed by atoms with E-state index in [1.165, 1.54) is 19.3 Å². The standard InChI is InChI=1S/C13H18N2O2/c1-11-4-2-3-9-14(11)10-12-5-7-13(8-6-12)15(16)17/h5-8,11H,2-4,9-10H2,1H3/t11-/m1/s1. The molecule has 17 heavy (non-hydrogen) atoms. The summed E-state index contributed by atoms with van der Waals surface area (Å²) in [5.74, 6) is 0. The summed E-state index contributed by atoms with van der Waals surface area (Å²) < 4.78 is 0. The van der Waals surface area contributed by atoms with Crippen LogP contribution in [0.2, 0.25) is 0 Å². The first-order chi connectivity index (χ1) is 8.16. The summed E-state index contributed by atoms with van der Waals surface area (Å²) in [6, 6.07) is 7.52. The average Bonchev–Trinajstić information content (AvgIpc) is 2.33. The zero-order valence-corrected chi connectivity index (χ0v) is 10.1. The molecule has 0 saturated carbocycles. The Bertz CT molecular complexity index is 389. The molecule has 2 rings (SSSR count). The van der Waals surface area contributed by atoms with Crippen molar-refractivity contribution < 1.29 is 4.92 Å². The van der Waals surface area contributed by atoms with Gasteiger partial charge in [0.15, 0.2) is 0 Å². The van der Waals surface area contributed by atoms with Gasteiger partial charge >= 0.3 is 0 Å². The summed E-state index contributed by atoms with van der Waals surface area (Å²) >= 11 is 0. The van der Waals surface area contributed by atoms with Crippen molar-refractivity contribution in [3.63, 3.8) is 0 Å². The molecule has 1 fully saturated rings. The lowest BCUT2D eigenvalue weighted by Crippen LogP contribution is -2.36. The first-order valence-corrected chi connectivity index (χ1v) is 6.14. The van der Waals surface area contributed by atoms with Gasteiger partial charge in [0, 0.05) is 24.7 Å². The summed E-state index contributed by atoms with van der Waals surface area (Å²) in [5.41, 5.74) is 1.32. The summed E-state index contributed by atoms with van der Waals surface area (Å²) in [5, 5.41) is 10.5. The lowest BCUT2D eigenvalue weighted by Gasteiger charge is -2.33. The van der Waals surface area contributed by atoms with Crippen LogP contribution in [0.4, 0.5) is 5.69 Å². The summed E-state index contributed by atoms with van der Waals surface area (Å²) in [7, 11) is 0. The van der Waals surface area contributed by atoms with Gasteiger partial charge in [0.1, 0.15) is 0 Å². The number of benzene rings is 1. The smallest absolute Gasteiger partial charge is 0.269 e. The second kappa shape index (κ2) is 5.27. The van der Waals surface area contributed by atoms with E-state index in [1.54, 1.807) is 12.1 Å². The third kappa shape index (κ3) is 3.03. The van der Waals surface area contributed by atoms with Crippen LogP contribution in [-0.2, 0) is 6.54 Å². The van der Waals surface area contributed by atoms with Crippen LogP contribution < -0.4 is 0 Å². The molecule has 1 aliphatic rings. The molecule has 4 heteroatoms. The molecule has 0 N–H and O–H groups in total. The van der Waals surface area contributed by atoms with Crippen LogP contribution in [0.3, 0.4) is 0 Å². The van der Waals surface area contributed by atoms with E-state index in [4.69, 9.17) is 0 Å². The van der Waals surface area contributed by atoms with E-state index >= 15 is 0 Å².